The highest BCUT2D eigenvalue weighted by molar-refractivity contribution is 9.10. The van der Waals surface area contributed by atoms with E-state index < -0.39 is 0 Å². The van der Waals surface area contributed by atoms with Crippen LogP contribution in [0.5, 0.6) is 11.5 Å². The summed E-state index contributed by atoms with van der Waals surface area (Å²) in [6.45, 7) is 2.52. The Labute approximate surface area is 114 Å². The minimum absolute atomic E-state index is 0.0630. The summed E-state index contributed by atoms with van der Waals surface area (Å²) in [5.74, 6) is 0.152. The quantitative estimate of drug-likeness (QED) is 0.809. The number of aromatic hydroxyl groups is 2. The number of hydrogen-bond donors (Lipinski definition) is 3. The molecule has 94 valence electrons. The number of nitrogens with one attached hydrogen (secondary N) is 1. The van der Waals surface area contributed by atoms with Crippen molar-refractivity contribution in [1.29, 1.82) is 0 Å². The van der Waals surface area contributed by atoms with Gasteiger partial charge in [0.05, 0.1) is 0 Å². The third-order valence-corrected chi connectivity index (χ3v) is 3.78. The predicted octanol–water partition coefficient (Wildman–Crippen LogP) is 3.78. The first kappa shape index (κ1) is 12.8. The molecule has 0 aliphatic rings. The average molecular weight is 308 g/mol. The van der Waals surface area contributed by atoms with Gasteiger partial charge in [-0.05, 0) is 46.6 Å². The second-order valence-corrected chi connectivity index (χ2v) is 4.90. The van der Waals surface area contributed by atoms with Crippen LogP contribution in [-0.2, 0) is 6.54 Å². The molecule has 2 aromatic rings. The van der Waals surface area contributed by atoms with Crippen molar-refractivity contribution in [3.05, 3.63) is 52.0 Å². The predicted molar refractivity (Wildman–Crippen MR) is 76.0 cm³/mol. The Bertz CT molecular complexity index is 570. The van der Waals surface area contributed by atoms with Gasteiger partial charge in [-0.25, -0.2) is 0 Å². The molecule has 3 N–H and O–H groups in total. The summed E-state index contributed by atoms with van der Waals surface area (Å²) >= 11 is 3.52. The van der Waals surface area contributed by atoms with E-state index in [1.54, 1.807) is 12.1 Å². The molecular weight excluding hydrogens is 294 g/mol. The van der Waals surface area contributed by atoms with Gasteiger partial charge in [0.2, 0.25) is 0 Å². The van der Waals surface area contributed by atoms with Crippen LogP contribution in [0.15, 0.2) is 40.9 Å². The van der Waals surface area contributed by atoms with Crippen LogP contribution in [0.4, 0.5) is 5.69 Å². The molecule has 0 atom stereocenters. The molecule has 18 heavy (non-hydrogen) atoms. The highest BCUT2D eigenvalue weighted by Gasteiger charge is 2.05. The molecule has 0 fully saturated rings. The Morgan fingerprint density at radius 1 is 1.17 bits per heavy atom. The van der Waals surface area contributed by atoms with E-state index in [9.17, 15) is 10.2 Å². The molecule has 3 nitrogen and oxygen atoms in total. The molecule has 0 aromatic heterocycles. The molecule has 0 saturated carbocycles. The molecule has 0 unspecified atom stereocenters. The van der Waals surface area contributed by atoms with Gasteiger partial charge in [0.1, 0.15) is 11.5 Å². The molecule has 0 aliphatic heterocycles. The third kappa shape index (κ3) is 2.76. The van der Waals surface area contributed by atoms with E-state index in [1.807, 2.05) is 25.1 Å². The number of halogens is 1. The first-order chi connectivity index (χ1) is 8.58. The Kier molecular flexibility index (Phi) is 3.77. The van der Waals surface area contributed by atoms with Gasteiger partial charge >= 0.3 is 0 Å². The first-order valence-corrected chi connectivity index (χ1v) is 6.37. The summed E-state index contributed by atoms with van der Waals surface area (Å²) in [5, 5.41) is 22.1. The van der Waals surface area contributed by atoms with Crippen molar-refractivity contribution in [2.24, 2.45) is 0 Å². The minimum Gasteiger partial charge on any atom is -0.508 e. The fourth-order valence-corrected chi connectivity index (χ4v) is 2.08. The Morgan fingerprint density at radius 2 is 1.94 bits per heavy atom. The van der Waals surface area contributed by atoms with Gasteiger partial charge < -0.3 is 15.5 Å². The second-order valence-electron chi connectivity index (χ2n) is 4.10. The Hall–Kier alpha value is -1.68. The zero-order valence-corrected chi connectivity index (χ0v) is 11.5. The molecule has 4 heteroatoms. The van der Waals surface area contributed by atoms with Crippen molar-refractivity contribution in [3.63, 3.8) is 0 Å². The number of rotatable bonds is 3. The summed E-state index contributed by atoms with van der Waals surface area (Å²) in [5.41, 5.74) is 2.86. The van der Waals surface area contributed by atoms with Crippen LogP contribution in [0.3, 0.4) is 0 Å². The van der Waals surface area contributed by atoms with E-state index in [2.05, 4.69) is 21.2 Å². The number of anilines is 1. The maximum Gasteiger partial charge on any atom is 0.124 e. The number of aryl methyl sites for hydroxylation is 1. The standard InChI is InChI=1S/C14H14BrNO2/c1-9-3-2-4-12(14(9)15)16-8-10-5-6-11(17)7-13(10)18/h2-7,16-18H,8H2,1H3. The van der Waals surface area contributed by atoms with Gasteiger partial charge in [0.25, 0.3) is 0 Å². The Balaban J connectivity index is 2.14. The lowest BCUT2D eigenvalue weighted by molar-refractivity contribution is 0.446. The van der Waals surface area contributed by atoms with Crippen LogP contribution in [-0.4, -0.2) is 10.2 Å². The van der Waals surface area contributed by atoms with E-state index in [0.29, 0.717) is 6.54 Å². The van der Waals surface area contributed by atoms with Crippen molar-refractivity contribution < 1.29 is 10.2 Å². The molecule has 2 aromatic carbocycles. The van der Waals surface area contributed by atoms with E-state index in [1.165, 1.54) is 6.07 Å². The molecule has 0 spiro atoms. The van der Waals surface area contributed by atoms with Gasteiger partial charge in [-0.1, -0.05) is 12.1 Å². The second kappa shape index (κ2) is 5.31. The lowest BCUT2D eigenvalue weighted by atomic mass is 10.1. The molecule has 0 heterocycles. The van der Waals surface area contributed by atoms with Gasteiger partial charge in [0, 0.05) is 28.3 Å². The number of phenols is 2. The third-order valence-electron chi connectivity index (χ3n) is 2.73. The van der Waals surface area contributed by atoms with Crippen LogP contribution in [0.1, 0.15) is 11.1 Å². The average Bonchev–Trinajstić information content (AvgIpc) is 2.33. The topological polar surface area (TPSA) is 52.5 Å². The molecule has 0 amide bonds. The van der Waals surface area contributed by atoms with Gasteiger partial charge in [0.15, 0.2) is 0 Å². The summed E-state index contributed by atoms with van der Waals surface area (Å²) in [6.07, 6.45) is 0. The van der Waals surface area contributed by atoms with Gasteiger partial charge in [-0.2, -0.15) is 0 Å². The lowest BCUT2D eigenvalue weighted by Gasteiger charge is -2.11. The first-order valence-electron chi connectivity index (χ1n) is 5.58. The molecule has 0 radical (unpaired) electrons. The Morgan fingerprint density at radius 3 is 2.67 bits per heavy atom. The zero-order valence-electron chi connectivity index (χ0n) is 9.94. The van der Waals surface area contributed by atoms with Gasteiger partial charge in [-0.3, -0.25) is 0 Å². The summed E-state index contributed by atoms with van der Waals surface area (Å²) in [7, 11) is 0. The molecule has 0 bridgehead atoms. The van der Waals surface area contributed by atoms with Crippen molar-refractivity contribution in [2.75, 3.05) is 5.32 Å². The van der Waals surface area contributed by atoms with E-state index in [4.69, 9.17) is 0 Å². The summed E-state index contributed by atoms with van der Waals surface area (Å²) in [6, 6.07) is 10.5. The summed E-state index contributed by atoms with van der Waals surface area (Å²) < 4.78 is 1.02. The minimum atomic E-state index is 0.0630. The number of hydrogen-bond acceptors (Lipinski definition) is 3. The van der Waals surface area contributed by atoms with E-state index >= 15 is 0 Å². The fourth-order valence-electron chi connectivity index (χ4n) is 1.68. The molecule has 2 rings (SSSR count). The smallest absolute Gasteiger partial charge is 0.124 e. The summed E-state index contributed by atoms with van der Waals surface area (Å²) in [4.78, 5) is 0. The van der Waals surface area contributed by atoms with Crippen molar-refractivity contribution in [3.8, 4) is 11.5 Å². The SMILES string of the molecule is Cc1cccc(NCc2ccc(O)cc2O)c1Br. The fraction of sp³-hybridized carbons (Fsp3) is 0.143. The number of benzene rings is 2. The van der Waals surface area contributed by atoms with Crippen LogP contribution >= 0.6 is 15.9 Å². The van der Waals surface area contributed by atoms with Crippen LogP contribution in [0.2, 0.25) is 0 Å². The van der Waals surface area contributed by atoms with E-state index in [-0.39, 0.29) is 11.5 Å². The van der Waals surface area contributed by atoms with Crippen LogP contribution in [0.25, 0.3) is 0 Å². The maximum absolute atomic E-state index is 9.68. The molecule has 0 aliphatic carbocycles. The number of phenolic OH excluding ortho intramolecular Hbond substituents is 2. The van der Waals surface area contributed by atoms with Crippen molar-refractivity contribution in [1.82, 2.24) is 0 Å². The van der Waals surface area contributed by atoms with Crippen LogP contribution in [0, 0.1) is 6.92 Å². The van der Waals surface area contributed by atoms with Gasteiger partial charge in [-0.15, -0.1) is 0 Å². The normalized spacial score (nSPS) is 10.3. The molecular formula is C14H14BrNO2. The maximum atomic E-state index is 9.68. The lowest BCUT2D eigenvalue weighted by Crippen LogP contribution is -2.00. The van der Waals surface area contributed by atoms with Crippen molar-refractivity contribution >= 4 is 21.6 Å². The molecule has 0 saturated heterocycles. The highest BCUT2D eigenvalue weighted by atomic mass is 79.9. The zero-order chi connectivity index (χ0) is 13.1. The van der Waals surface area contributed by atoms with Crippen molar-refractivity contribution in [2.45, 2.75) is 13.5 Å². The highest BCUT2D eigenvalue weighted by Crippen LogP contribution is 2.28. The largest absolute Gasteiger partial charge is 0.508 e. The van der Waals surface area contributed by atoms with E-state index in [0.717, 1.165) is 21.3 Å². The van der Waals surface area contributed by atoms with Crippen LogP contribution < -0.4 is 5.32 Å². The monoisotopic (exact) mass is 307 g/mol.